The van der Waals surface area contributed by atoms with Crippen LogP contribution in [0.15, 0.2) is 54.7 Å². The van der Waals surface area contributed by atoms with E-state index < -0.39 is 23.5 Å². The number of benzene rings is 2. The largest absolute Gasteiger partial charge is 0.416 e. The monoisotopic (exact) mass is 564 g/mol. The van der Waals surface area contributed by atoms with E-state index >= 15 is 4.39 Å². The average Bonchev–Trinajstić information content (AvgIpc) is 3.59. The number of rotatable bonds is 6. The molecular formula is C29H24F4N6O2. The van der Waals surface area contributed by atoms with E-state index in [0.29, 0.717) is 47.5 Å². The van der Waals surface area contributed by atoms with Crippen molar-refractivity contribution in [1.29, 1.82) is 0 Å². The van der Waals surface area contributed by atoms with Crippen LogP contribution in [0.5, 0.6) is 0 Å². The van der Waals surface area contributed by atoms with E-state index in [1.807, 2.05) is 0 Å². The number of likely N-dealkylation sites (tertiary alicyclic amines) is 1. The maximum atomic E-state index is 15.1. The van der Waals surface area contributed by atoms with Crippen LogP contribution in [-0.2, 0) is 17.5 Å². The van der Waals surface area contributed by atoms with Gasteiger partial charge in [0.25, 0.3) is 11.8 Å². The molecule has 2 aromatic carbocycles. The lowest BCUT2D eigenvalue weighted by atomic mass is 10.0. The van der Waals surface area contributed by atoms with Crippen molar-refractivity contribution in [3.8, 4) is 23.0 Å². The van der Waals surface area contributed by atoms with Gasteiger partial charge in [-0.15, -0.1) is 0 Å². The molecule has 3 heterocycles. The molecule has 12 heteroatoms. The SMILES string of the molecule is CC#CC(=O)N1CC[C@@H](Nc2n[nH]c3nccc(-c4ccc(CNC(=O)c5ccc(C(F)(F)F)cc5)c(F)c4)c23)C1. The molecule has 1 saturated heterocycles. The molecule has 4 aromatic rings. The summed E-state index contributed by atoms with van der Waals surface area (Å²) in [6.07, 6.45) is -2.21. The third kappa shape index (κ3) is 5.99. The lowest BCUT2D eigenvalue weighted by Crippen LogP contribution is -2.30. The minimum atomic E-state index is -4.50. The van der Waals surface area contributed by atoms with Gasteiger partial charge in [0.1, 0.15) is 5.82 Å². The molecule has 0 unspecified atom stereocenters. The highest BCUT2D eigenvalue weighted by Crippen LogP contribution is 2.33. The number of amides is 2. The Balaban J connectivity index is 1.30. The number of hydrogen-bond acceptors (Lipinski definition) is 5. The van der Waals surface area contributed by atoms with Crippen LogP contribution in [-0.4, -0.2) is 51.0 Å². The molecule has 1 aliphatic heterocycles. The summed E-state index contributed by atoms with van der Waals surface area (Å²) in [5.74, 6) is 4.27. The van der Waals surface area contributed by atoms with Crippen molar-refractivity contribution in [2.75, 3.05) is 18.4 Å². The van der Waals surface area contributed by atoms with Crippen LogP contribution in [0.4, 0.5) is 23.4 Å². The molecular weight excluding hydrogens is 540 g/mol. The van der Waals surface area contributed by atoms with E-state index in [4.69, 9.17) is 0 Å². The number of aromatic nitrogens is 3. The van der Waals surface area contributed by atoms with E-state index in [2.05, 4.69) is 37.7 Å². The summed E-state index contributed by atoms with van der Waals surface area (Å²) >= 11 is 0. The lowest BCUT2D eigenvalue weighted by Gasteiger charge is -2.15. The van der Waals surface area contributed by atoms with Gasteiger partial charge < -0.3 is 15.5 Å². The van der Waals surface area contributed by atoms with Gasteiger partial charge in [0.15, 0.2) is 11.5 Å². The fraction of sp³-hybridized carbons (Fsp3) is 0.241. The smallest absolute Gasteiger partial charge is 0.363 e. The summed E-state index contributed by atoms with van der Waals surface area (Å²) in [5.41, 5.74) is 1.10. The van der Waals surface area contributed by atoms with Crippen LogP contribution in [0.25, 0.3) is 22.2 Å². The second-order valence-electron chi connectivity index (χ2n) is 9.47. The Hall–Kier alpha value is -4.92. The van der Waals surface area contributed by atoms with Crippen LogP contribution in [0, 0.1) is 17.7 Å². The number of nitrogens with zero attached hydrogens (tertiary/aromatic N) is 3. The summed E-state index contributed by atoms with van der Waals surface area (Å²) in [4.78, 5) is 30.5. The molecule has 0 aliphatic carbocycles. The Kier molecular flexibility index (Phi) is 7.61. The number of nitrogens with one attached hydrogen (secondary N) is 3. The highest BCUT2D eigenvalue weighted by molar-refractivity contribution is 6.00. The molecule has 1 fully saturated rings. The Bertz CT molecular complexity index is 1670. The molecule has 0 saturated carbocycles. The number of aromatic amines is 1. The number of carbonyl (C=O) groups is 2. The van der Waals surface area contributed by atoms with Crippen LogP contribution >= 0.6 is 0 Å². The normalized spacial score (nSPS) is 15.0. The summed E-state index contributed by atoms with van der Waals surface area (Å²) in [7, 11) is 0. The third-order valence-corrected chi connectivity index (χ3v) is 6.79. The first-order valence-electron chi connectivity index (χ1n) is 12.7. The van der Waals surface area contributed by atoms with Crippen LogP contribution < -0.4 is 10.6 Å². The number of carbonyl (C=O) groups excluding carboxylic acids is 2. The average molecular weight is 565 g/mol. The molecule has 41 heavy (non-hydrogen) atoms. The quantitative estimate of drug-likeness (QED) is 0.232. The van der Waals surface area contributed by atoms with Crippen molar-refractivity contribution in [2.24, 2.45) is 0 Å². The van der Waals surface area contributed by atoms with Gasteiger partial charge in [-0.2, -0.15) is 18.3 Å². The molecule has 2 aromatic heterocycles. The Morgan fingerprint density at radius 2 is 1.93 bits per heavy atom. The maximum absolute atomic E-state index is 15.1. The second kappa shape index (κ2) is 11.3. The molecule has 5 rings (SSSR count). The molecule has 2 amide bonds. The second-order valence-corrected chi connectivity index (χ2v) is 9.47. The zero-order valence-corrected chi connectivity index (χ0v) is 21.8. The zero-order valence-electron chi connectivity index (χ0n) is 21.8. The van der Waals surface area contributed by atoms with Crippen molar-refractivity contribution >= 4 is 28.7 Å². The third-order valence-electron chi connectivity index (χ3n) is 6.79. The minimum absolute atomic E-state index is 0.0298. The van der Waals surface area contributed by atoms with Gasteiger partial charge in [0.2, 0.25) is 0 Å². The fourth-order valence-corrected chi connectivity index (χ4v) is 4.68. The number of H-pyrrole nitrogens is 1. The zero-order chi connectivity index (χ0) is 29.1. The van der Waals surface area contributed by atoms with Gasteiger partial charge in [0.05, 0.1) is 10.9 Å². The molecule has 3 N–H and O–H groups in total. The minimum Gasteiger partial charge on any atom is -0.363 e. The maximum Gasteiger partial charge on any atom is 0.416 e. The van der Waals surface area contributed by atoms with Gasteiger partial charge in [-0.25, -0.2) is 9.37 Å². The van der Waals surface area contributed by atoms with E-state index in [0.717, 1.165) is 24.3 Å². The molecule has 0 bridgehead atoms. The number of halogens is 4. The fourth-order valence-electron chi connectivity index (χ4n) is 4.68. The standard InChI is InChI=1S/C29H24F4N6O2/c1-2-3-24(40)39-13-11-21(16-39)36-27-25-22(10-12-34-26(25)37-38-27)18-4-5-19(23(30)14-18)15-35-28(41)17-6-8-20(9-7-17)29(31,32)33/h4-10,12,14,21H,11,13,15-16H2,1H3,(H,35,41)(H2,34,36,37,38)/t21-/m1/s1. The molecule has 0 spiro atoms. The van der Waals surface area contributed by atoms with Gasteiger partial charge in [-0.3, -0.25) is 14.7 Å². The van der Waals surface area contributed by atoms with Crippen LogP contribution in [0.2, 0.25) is 0 Å². The molecule has 1 aliphatic rings. The van der Waals surface area contributed by atoms with Crippen LogP contribution in [0.3, 0.4) is 0 Å². The van der Waals surface area contributed by atoms with Crippen molar-refractivity contribution < 1.29 is 27.2 Å². The van der Waals surface area contributed by atoms with E-state index in [1.165, 1.54) is 12.1 Å². The summed E-state index contributed by atoms with van der Waals surface area (Å²) in [6, 6.07) is 10.1. The highest BCUT2D eigenvalue weighted by atomic mass is 19.4. The molecule has 1 atom stereocenters. The van der Waals surface area contributed by atoms with Gasteiger partial charge in [0, 0.05) is 43.0 Å². The molecule has 0 radical (unpaired) electrons. The van der Waals surface area contributed by atoms with Crippen molar-refractivity contribution in [1.82, 2.24) is 25.4 Å². The summed E-state index contributed by atoms with van der Waals surface area (Å²) in [6.45, 7) is 2.50. The first kappa shape index (κ1) is 27.6. The van der Waals surface area contributed by atoms with E-state index in [1.54, 1.807) is 30.2 Å². The highest BCUT2D eigenvalue weighted by Gasteiger charge is 2.30. The Morgan fingerprint density at radius 1 is 1.15 bits per heavy atom. The Labute approximate surface area is 232 Å². The van der Waals surface area contributed by atoms with Crippen molar-refractivity contribution in [2.45, 2.75) is 32.1 Å². The number of pyridine rings is 1. The predicted molar refractivity (Wildman–Crippen MR) is 144 cm³/mol. The predicted octanol–water partition coefficient (Wildman–Crippen LogP) is 4.75. The van der Waals surface area contributed by atoms with Gasteiger partial charge in [-0.05, 0) is 66.8 Å². The number of hydrogen-bond donors (Lipinski definition) is 3. The first-order chi connectivity index (χ1) is 19.6. The van der Waals surface area contributed by atoms with Crippen molar-refractivity contribution in [3.63, 3.8) is 0 Å². The lowest BCUT2D eigenvalue weighted by molar-refractivity contribution is -0.137. The van der Waals surface area contributed by atoms with E-state index in [-0.39, 0.29) is 29.6 Å². The first-order valence-corrected chi connectivity index (χ1v) is 12.7. The van der Waals surface area contributed by atoms with Gasteiger partial charge >= 0.3 is 6.18 Å². The number of alkyl halides is 3. The number of anilines is 1. The summed E-state index contributed by atoms with van der Waals surface area (Å²) < 4.78 is 53.4. The Morgan fingerprint density at radius 3 is 2.63 bits per heavy atom. The van der Waals surface area contributed by atoms with Gasteiger partial charge in [-0.1, -0.05) is 18.1 Å². The number of fused-ring (bicyclic) bond motifs is 1. The summed E-state index contributed by atoms with van der Waals surface area (Å²) in [5, 5.41) is 13.8. The van der Waals surface area contributed by atoms with Crippen LogP contribution in [0.1, 0.15) is 34.8 Å². The topological polar surface area (TPSA) is 103 Å². The van der Waals surface area contributed by atoms with Crippen molar-refractivity contribution in [3.05, 3.63) is 77.2 Å². The molecule has 210 valence electrons. The van der Waals surface area contributed by atoms with E-state index in [9.17, 15) is 22.8 Å². The molecule has 8 nitrogen and oxygen atoms in total.